The molecule has 1 heterocycles. The van der Waals surface area contributed by atoms with Gasteiger partial charge in [0.25, 0.3) is 0 Å². The molecule has 1 fully saturated rings. The van der Waals surface area contributed by atoms with Crippen molar-refractivity contribution in [3.63, 3.8) is 0 Å². The first-order valence-corrected chi connectivity index (χ1v) is 10.00. The van der Waals surface area contributed by atoms with Crippen molar-refractivity contribution in [2.45, 2.75) is 38.3 Å². The number of hydrogen-bond acceptors (Lipinski definition) is 6. The summed E-state index contributed by atoms with van der Waals surface area (Å²) in [6, 6.07) is 5.97. The Kier molecular flexibility index (Phi) is 9.91. The van der Waals surface area contributed by atoms with Crippen molar-refractivity contribution in [1.82, 2.24) is 9.80 Å². The fraction of sp³-hybridized carbons (Fsp3) is 0.714. The van der Waals surface area contributed by atoms with E-state index in [1.807, 2.05) is 18.2 Å². The number of methoxy groups -OCH3 is 2. The summed E-state index contributed by atoms with van der Waals surface area (Å²) in [6.07, 6.45) is 4.55. The zero-order chi connectivity index (χ0) is 19.5. The van der Waals surface area contributed by atoms with E-state index in [9.17, 15) is 5.11 Å². The fourth-order valence-corrected chi connectivity index (χ4v) is 3.42. The predicted octanol–water partition coefficient (Wildman–Crippen LogP) is 2.39. The Morgan fingerprint density at radius 1 is 1.11 bits per heavy atom. The van der Waals surface area contributed by atoms with Crippen molar-refractivity contribution in [3.8, 4) is 11.5 Å². The van der Waals surface area contributed by atoms with Crippen molar-refractivity contribution in [2.75, 3.05) is 60.7 Å². The zero-order valence-corrected chi connectivity index (χ0v) is 17.2. The van der Waals surface area contributed by atoms with Gasteiger partial charge in [0.2, 0.25) is 0 Å². The van der Waals surface area contributed by atoms with Gasteiger partial charge in [-0.1, -0.05) is 18.9 Å². The number of β-amino-alcohol motifs (C(OH)–C–C–N with tert-alkyl or cyclic N) is 1. The summed E-state index contributed by atoms with van der Waals surface area (Å²) in [6.45, 7) is 5.50. The monoisotopic (exact) mass is 380 g/mol. The normalized spacial score (nSPS) is 16.9. The Morgan fingerprint density at radius 2 is 1.85 bits per heavy atom. The summed E-state index contributed by atoms with van der Waals surface area (Å²) >= 11 is 0. The first kappa shape index (κ1) is 22.0. The Balaban J connectivity index is 1.84. The van der Waals surface area contributed by atoms with Crippen molar-refractivity contribution in [2.24, 2.45) is 0 Å². The van der Waals surface area contributed by atoms with Crippen molar-refractivity contribution in [1.29, 1.82) is 0 Å². The number of nitrogens with zero attached hydrogens (tertiary/aromatic N) is 2. The lowest BCUT2D eigenvalue weighted by Gasteiger charge is -2.23. The van der Waals surface area contributed by atoms with Crippen LogP contribution in [0.4, 0.5) is 0 Å². The smallest absolute Gasteiger partial charge is 0.161 e. The minimum atomic E-state index is -0.493. The molecule has 27 heavy (non-hydrogen) atoms. The molecular formula is C21H36N2O4. The summed E-state index contributed by atoms with van der Waals surface area (Å²) in [5, 5.41) is 10.3. The summed E-state index contributed by atoms with van der Waals surface area (Å²) in [5.74, 6) is 1.38. The number of benzene rings is 1. The molecular weight excluding hydrogens is 344 g/mol. The molecule has 0 saturated carbocycles. The van der Waals surface area contributed by atoms with Crippen LogP contribution < -0.4 is 9.47 Å². The van der Waals surface area contributed by atoms with Crippen LogP contribution in [0.5, 0.6) is 11.5 Å². The van der Waals surface area contributed by atoms with Gasteiger partial charge in [0, 0.05) is 26.7 Å². The van der Waals surface area contributed by atoms with Gasteiger partial charge in [-0.3, -0.25) is 4.90 Å². The lowest BCUT2D eigenvalue weighted by atomic mass is 10.2. The highest BCUT2D eigenvalue weighted by Crippen LogP contribution is 2.28. The highest BCUT2D eigenvalue weighted by Gasteiger charge is 2.15. The number of likely N-dealkylation sites (tertiary alicyclic amines) is 1. The second-order valence-corrected chi connectivity index (χ2v) is 7.40. The molecule has 0 aliphatic carbocycles. The van der Waals surface area contributed by atoms with Gasteiger partial charge in [0.05, 0.1) is 13.7 Å². The molecule has 0 amide bonds. The average molecular weight is 381 g/mol. The van der Waals surface area contributed by atoms with E-state index >= 15 is 0 Å². The minimum absolute atomic E-state index is 0.278. The van der Waals surface area contributed by atoms with Crippen LogP contribution in [0.2, 0.25) is 0 Å². The molecule has 0 radical (unpaired) electrons. The van der Waals surface area contributed by atoms with Gasteiger partial charge in [-0.2, -0.15) is 0 Å². The van der Waals surface area contributed by atoms with Crippen molar-refractivity contribution in [3.05, 3.63) is 23.8 Å². The molecule has 6 nitrogen and oxygen atoms in total. The van der Waals surface area contributed by atoms with Gasteiger partial charge in [0.15, 0.2) is 11.5 Å². The second-order valence-electron chi connectivity index (χ2n) is 7.40. The van der Waals surface area contributed by atoms with Gasteiger partial charge in [-0.05, 0) is 50.7 Å². The van der Waals surface area contributed by atoms with Gasteiger partial charge in [-0.25, -0.2) is 0 Å². The number of ether oxygens (including phenoxy) is 3. The topological polar surface area (TPSA) is 54.4 Å². The van der Waals surface area contributed by atoms with E-state index in [2.05, 4.69) is 16.8 Å². The maximum absolute atomic E-state index is 10.3. The summed E-state index contributed by atoms with van der Waals surface area (Å²) in [5.41, 5.74) is 1.16. The Morgan fingerprint density at radius 3 is 2.52 bits per heavy atom. The van der Waals surface area contributed by atoms with Crippen molar-refractivity contribution >= 4 is 0 Å². The molecule has 0 bridgehead atoms. The third-order valence-corrected chi connectivity index (χ3v) is 4.96. The van der Waals surface area contributed by atoms with E-state index in [0.29, 0.717) is 24.7 Å². The SMILES string of the molecule is COCCN(C)Cc1ccc(OC[C@@H](O)CN2CCCCCC2)c(OC)c1. The molecule has 1 aromatic carbocycles. The van der Waals surface area contributed by atoms with E-state index in [-0.39, 0.29) is 6.61 Å². The Hall–Kier alpha value is -1.34. The van der Waals surface area contributed by atoms with Crippen LogP contribution in [0, 0.1) is 0 Å². The molecule has 1 aromatic rings. The standard InChI is InChI=1S/C21H36N2O4/c1-22(12-13-25-2)15-18-8-9-20(21(14-18)26-3)27-17-19(24)16-23-10-6-4-5-7-11-23/h8-9,14,19,24H,4-7,10-13,15-17H2,1-3H3/t19-/m0/s1. The maximum atomic E-state index is 10.3. The lowest BCUT2D eigenvalue weighted by Crippen LogP contribution is -2.36. The number of rotatable bonds is 11. The van der Waals surface area contributed by atoms with E-state index in [1.165, 1.54) is 25.7 Å². The van der Waals surface area contributed by atoms with E-state index in [0.717, 1.165) is 31.7 Å². The molecule has 1 saturated heterocycles. The fourth-order valence-electron chi connectivity index (χ4n) is 3.42. The van der Waals surface area contributed by atoms with Crippen LogP contribution in [0.25, 0.3) is 0 Å². The molecule has 1 aliphatic rings. The summed E-state index contributed by atoms with van der Waals surface area (Å²) < 4.78 is 16.5. The average Bonchev–Trinajstić information content (AvgIpc) is 2.93. The number of aliphatic hydroxyl groups is 1. The predicted molar refractivity (Wildman–Crippen MR) is 108 cm³/mol. The lowest BCUT2D eigenvalue weighted by molar-refractivity contribution is 0.0683. The van der Waals surface area contributed by atoms with Crippen molar-refractivity contribution < 1.29 is 19.3 Å². The minimum Gasteiger partial charge on any atom is -0.493 e. The Labute approximate surface area is 164 Å². The Bertz CT molecular complexity index is 533. The highest BCUT2D eigenvalue weighted by atomic mass is 16.5. The van der Waals surface area contributed by atoms with Crippen LogP contribution in [0.15, 0.2) is 18.2 Å². The van der Waals surface area contributed by atoms with Crippen LogP contribution in [-0.2, 0) is 11.3 Å². The molecule has 0 spiro atoms. The zero-order valence-electron chi connectivity index (χ0n) is 17.2. The third kappa shape index (κ3) is 8.05. The molecule has 0 aromatic heterocycles. The van der Waals surface area contributed by atoms with Crippen LogP contribution in [-0.4, -0.2) is 81.7 Å². The van der Waals surface area contributed by atoms with Crippen LogP contribution in [0.3, 0.4) is 0 Å². The highest BCUT2D eigenvalue weighted by molar-refractivity contribution is 5.43. The van der Waals surface area contributed by atoms with E-state index in [4.69, 9.17) is 14.2 Å². The molecule has 1 atom stereocenters. The van der Waals surface area contributed by atoms with Gasteiger partial charge in [0.1, 0.15) is 12.7 Å². The van der Waals surface area contributed by atoms with E-state index in [1.54, 1.807) is 14.2 Å². The first-order chi connectivity index (χ1) is 13.1. The molecule has 2 rings (SSSR count). The third-order valence-electron chi connectivity index (χ3n) is 4.96. The van der Waals surface area contributed by atoms with Gasteiger partial charge >= 0.3 is 0 Å². The number of aliphatic hydroxyl groups excluding tert-OH is 1. The molecule has 0 unspecified atom stereocenters. The number of hydrogen-bond donors (Lipinski definition) is 1. The van der Waals surface area contributed by atoms with E-state index < -0.39 is 6.10 Å². The largest absolute Gasteiger partial charge is 0.493 e. The maximum Gasteiger partial charge on any atom is 0.161 e. The first-order valence-electron chi connectivity index (χ1n) is 10.00. The summed E-state index contributed by atoms with van der Waals surface area (Å²) in [7, 11) is 5.42. The molecule has 154 valence electrons. The number of likely N-dealkylation sites (N-methyl/N-ethyl adjacent to an activating group) is 1. The molecule has 1 N–H and O–H groups in total. The van der Waals surface area contributed by atoms with Crippen LogP contribution in [0.1, 0.15) is 31.2 Å². The van der Waals surface area contributed by atoms with Crippen LogP contribution >= 0.6 is 0 Å². The molecule has 1 aliphatic heterocycles. The molecule has 6 heteroatoms. The second kappa shape index (κ2) is 12.2. The quantitative estimate of drug-likeness (QED) is 0.636. The van der Waals surface area contributed by atoms with Gasteiger partial charge < -0.3 is 24.2 Å². The van der Waals surface area contributed by atoms with Gasteiger partial charge in [-0.15, -0.1) is 0 Å². The summed E-state index contributed by atoms with van der Waals surface area (Å²) in [4.78, 5) is 4.54.